The van der Waals surface area contributed by atoms with Crippen LogP contribution >= 0.6 is 0 Å². The predicted molar refractivity (Wildman–Crippen MR) is 74.2 cm³/mol. The molecule has 6 nitrogen and oxygen atoms in total. The van der Waals surface area contributed by atoms with Crippen molar-refractivity contribution in [3.8, 4) is 5.75 Å². The number of anilines is 1. The number of methoxy groups -OCH3 is 1. The van der Waals surface area contributed by atoms with Crippen molar-refractivity contribution >= 4 is 17.7 Å². The van der Waals surface area contributed by atoms with Crippen LogP contribution in [0.25, 0.3) is 0 Å². The monoisotopic (exact) mass is 278 g/mol. The lowest BCUT2D eigenvalue weighted by Crippen LogP contribution is -2.45. The smallest absolute Gasteiger partial charge is 0.325 e. The van der Waals surface area contributed by atoms with E-state index < -0.39 is 5.97 Å². The zero-order chi connectivity index (χ0) is 14.7. The summed E-state index contributed by atoms with van der Waals surface area (Å²) >= 11 is 0. The molecule has 108 valence electrons. The predicted octanol–water partition coefficient (Wildman–Crippen LogP) is 1.80. The molecule has 0 atom stereocenters. The van der Waals surface area contributed by atoms with Gasteiger partial charge in [0.25, 0.3) is 0 Å². The van der Waals surface area contributed by atoms with Crippen LogP contribution in [0.15, 0.2) is 24.3 Å². The van der Waals surface area contributed by atoms with Crippen molar-refractivity contribution in [3.63, 3.8) is 0 Å². The lowest BCUT2D eigenvalue weighted by Gasteiger charge is -2.27. The minimum absolute atomic E-state index is 0.0478. The van der Waals surface area contributed by atoms with E-state index in [2.05, 4.69) is 0 Å². The molecule has 2 rings (SSSR count). The van der Waals surface area contributed by atoms with Gasteiger partial charge in [0.1, 0.15) is 12.3 Å². The van der Waals surface area contributed by atoms with Crippen molar-refractivity contribution in [3.05, 3.63) is 24.3 Å². The Balaban J connectivity index is 2.15. The fourth-order valence-electron chi connectivity index (χ4n) is 2.01. The van der Waals surface area contributed by atoms with E-state index in [1.54, 1.807) is 38.4 Å². The van der Waals surface area contributed by atoms with E-state index in [1.807, 2.05) is 0 Å². The molecule has 1 fully saturated rings. The highest BCUT2D eigenvalue weighted by molar-refractivity contribution is 5.93. The van der Waals surface area contributed by atoms with E-state index in [9.17, 15) is 9.59 Å². The van der Waals surface area contributed by atoms with E-state index in [-0.39, 0.29) is 18.6 Å². The Kier molecular flexibility index (Phi) is 4.12. The lowest BCUT2D eigenvalue weighted by molar-refractivity contribution is -0.137. The van der Waals surface area contributed by atoms with Crippen LogP contribution in [-0.2, 0) is 4.79 Å². The molecular weight excluding hydrogens is 260 g/mol. The zero-order valence-electron chi connectivity index (χ0n) is 11.6. The number of aliphatic carboxylic acids is 1. The summed E-state index contributed by atoms with van der Waals surface area (Å²) in [4.78, 5) is 26.1. The lowest BCUT2D eigenvalue weighted by atomic mass is 10.3. The van der Waals surface area contributed by atoms with Crippen molar-refractivity contribution in [2.24, 2.45) is 0 Å². The third-order valence-corrected chi connectivity index (χ3v) is 3.27. The summed E-state index contributed by atoms with van der Waals surface area (Å²) in [5.74, 6) is -0.345. The van der Waals surface area contributed by atoms with Gasteiger partial charge < -0.3 is 14.7 Å². The highest BCUT2D eigenvalue weighted by Gasteiger charge is 2.35. The topological polar surface area (TPSA) is 70.1 Å². The molecule has 0 unspecified atom stereocenters. The van der Waals surface area contributed by atoms with Crippen LogP contribution in [0.1, 0.15) is 12.8 Å². The summed E-state index contributed by atoms with van der Waals surface area (Å²) in [5, 5.41) is 8.91. The summed E-state index contributed by atoms with van der Waals surface area (Å²) < 4.78 is 5.12. The van der Waals surface area contributed by atoms with Crippen LogP contribution in [0.4, 0.5) is 10.5 Å². The fourth-order valence-corrected chi connectivity index (χ4v) is 2.01. The molecule has 1 aliphatic rings. The number of rotatable bonds is 5. The molecule has 0 saturated heterocycles. The van der Waals surface area contributed by atoms with Gasteiger partial charge in [-0.3, -0.25) is 9.69 Å². The number of hydrogen-bond donors (Lipinski definition) is 1. The molecule has 0 aromatic heterocycles. The van der Waals surface area contributed by atoms with E-state index >= 15 is 0 Å². The second kappa shape index (κ2) is 5.81. The van der Waals surface area contributed by atoms with Crippen LogP contribution in [0.2, 0.25) is 0 Å². The van der Waals surface area contributed by atoms with Gasteiger partial charge in [-0.1, -0.05) is 6.07 Å². The summed E-state index contributed by atoms with van der Waals surface area (Å²) in [5.41, 5.74) is 0.672. The first kappa shape index (κ1) is 14.2. The number of hydrogen-bond acceptors (Lipinski definition) is 3. The van der Waals surface area contributed by atoms with Gasteiger partial charge in [-0.15, -0.1) is 0 Å². The van der Waals surface area contributed by atoms with E-state index in [0.717, 1.165) is 12.8 Å². The van der Waals surface area contributed by atoms with Crippen LogP contribution in [0, 0.1) is 0 Å². The van der Waals surface area contributed by atoms with Crippen molar-refractivity contribution in [1.82, 2.24) is 4.90 Å². The second-order valence-corrected chi connectivity index (χ2v) is 4.80. The molecule has 0 spiro atoms. The molecule has 1 aliphatic carbocycles. The fraction of sp³-hybridized carbons (Fsp3) is 0.429. The Morgan fingerprint density at radius 2 is 2.10 bits per heavy atom. The van der Waals surface area contributed by atoms with Crippen LogP contribution in [-0.4, -0.2) is 48.8 Å². The molecule has 1 saturated carbocycles. The number of benzene rings is 1. The summed E-state index contributed by atoms with van der Waals surface area (Å²) in [7, 11) is 3.19. The third kappa shape index (κ3) is 3.20. The first-order valence-corrected chi connectivity index (χ1v) is 6.43. The first-order valence-electron chi connectivity index (χ1n) is 6.43. The second-order valence-electron chi connectivity index (χ2n) is 4.80. The van der Waals surface area contributed by atoms with Gasteiger partial charge in [0, 0.05) is 24.8 Å². The van der Waals surface area contributed by atoms with E-state index in [1.165, 1.54) is 9.80 Å². The van der Waals surface area contributed by atoms with Crippen LogP contribution in [0.3, 0.4) is 0 Å². The van der Waals surface area contributed by atoms with E-state index in [0.29, 0.717) is 11.4 Å². The molecule has 0 radical (unpaired) electrons. The Labute approximate surface area is 117 Å². The number of carbonyl (C=O) groups excluding carboxylic acids is 1. The largest absolute Gasteiger partial charge is 0.497 e. The minimum Gasteiger partial charge on any atom is -0.497 e. The number of nitrogens with zero attached hydrogens (tertiary/aromatic N) is 2. The van der Waals surface area contributed by atoms with Gasteiger partial charge in [0.2, 0.25) is 0 Å². The molecule has 1 N–H and O–H groups in total. The molecule has 20 heavy (non-hydrogen) atoms. The Bertz CT molecular complexity index is 514. The SMILES string of the molecule is COc1cccc(N(C)C(=O)N(CC(=O)O)C2CC2)c1. The number of carboxylic acid groups (broad SMARTS) is 1. The molecule has 0 heterocycles. The van der Waals surface area contributed by atoms with Gasteiger partial charge in [-0.05, 0) is 25.0 Å². The van der Waals surface area contributed by atoms with Crippen LogP contribution in [0.5, 0.6) is 5.75 Å². The average Bonchev–Trinajstić information content (AvgIpc) is 3.27. The molecular formula is C14H18N2O4. The minimum atomic E-state index is -0.996. The van der Waals surface area contributed by atoms with Gasteiger partial charge in [0.05, 0.1) is 7.11 Å². The highest BCUT2D eigenvalue weighted by atomic mass is 16.5. The van der Waals surface area contributed by atoms with Crippen molar-refractivity contribution in [1.29, 1.82) is 0 Å². The maximum Gasteiger partial charge on any atom is 0.325 e. The zero-order valence-corrected chi connectivity index (χ0v) is 11.6. The quantitative estimate of drug-likeness (QED) is 0.891. The van der Waals surface area contributed by atoms with Crippen molar-refractivity contribution in [2.75, 3.05) is 25.6 Å². The maximum atomic E-state index is 12.4. The van der Waals surface area contributed by atoms with Gasteiger partial charge >= 0.3 is 12.0 Å². The third-order valence-electron chi connectivity index (χ3n) is 3.27. The summed E-state index contributed by atoms with van der Waals surface area (Å²) in [6, 6.07) is 6.85. The molecule has 0 aliphatic heterocycles. The van der Waals surface area contributed by atoms with Crippen LogP contribution < -0.4 is 9.64 Å². The Morgan fingerprint density at radius 1 is 1.40 bits per heavy atom. The van der Waals surface area contributed by atoms with Crippen molar-refractivity contribution in [2.45, 2.75) is 18.9 Å². The van der Waals surface area contributed by atoms with Gasteiger partial charge in [0.15, 0.2) is 0 Å². The average molecular weight is 278 g/mol. The first-order chi connectivity index (χ1) is 9.52. The van der Waals surface area contributed by atoms with Crippen molar-refractivity contribution < 1.29 is 19.4 Å². The summed E-state index contributed by atoms with van der Waals surface area (Å²) in [6.07, 6.45) is 1.73. The number of amides is 2. The molecule has 1 aromatic rings. The normalized spacial score (nSPS) is 13.7. The maximum absolute atomic E-state index is 12.4. The Hall–Kier alpha value is -2.24. The molecule has 2 amide bonds. The van der Waals surface area contributed by atoms with Gasteiger partial charge in [-0.25, -0.2) is 4.79 Å². The van der Waals surface area contributed by atoms with E-state index in [4.69, 9.17) is 9.84 Å². The standard InChI is InChI=1S/C14H18N2O4/c1-15(11-4-3-5-12(8-11)20-2)14(19)16(9-13(17)18)10-6-7-10/h3-5,8,10H,6-7,9H2,1-2H3,(H,17,18). The number of ether oxygens (including phenoxy) is 1. The molecule has 0 bridgehead atoms. The number of carboxylic acids is 1. The number of urea groups is 1. The highest BCUT2D eigenvalue weighted by Crippen LogP contribution is 2.29. The molecule has 6 heteroatoms. The van der Waals surface area contributed by atoms with Gasteiger partial charge in [-0.2, -0.15) is 0 Å². The Morgan fingerprint density at radius 3 is 2.65 bits per heavy atom. The molecule has 1 aromatic carbocycles. The number of carbonyl (C=O) groups is 2. The summed E-state index contributed by atoms with van der Waals surface area (Å²) in [6.45, 7) is -0.266.